The van der Waals surface area contributed by atoms with E-state index in [0.717, 1.165) is 55.6 Å². The number of hydrogen-bond donors (Lipinski definition) is 3. The van der Waals surface area contributed by atoms with Gasteiger partial charge in [-0.15, -0.1) is 0 Å². The molecule has 3 amide bonds. The molecule has 200 valence electrons. The van der Waals surface area contributed by atoms with Crippen molar-refractivity contribution in [3.63, 3.8) is 0 Å². The van der Waals surface area contributed by atoms with E-state index in [4.69, 9.17) is 16.2 Å². The van der Waals surface area contributed by atoms with E-state index < -0.39 is 17.9 Å². The molecule has 1 fully saturated rings. The molecule has 1 atom stereocenters. The van der Waals surface area contributed by atoms with Crippen molar-refractivity contribution < 1.29 is 19.1 Å². The molecule has 38 heavy (non-hydrogen) atoms. The van der Waals surface area contributed by atoms with E-state index in [0.29, 0.717) is 17.0 Å². The fourth-order valence-electron chi connectivity index (χ4n) is 4.75. The number of nitrogens with two attached hydrogens (primary N) is 2. The van der Waals surface area contributed by atoms with Crippen LogP contribution in [-0.2, 0) is 11.2 Å². The van der Waals surface area contributed by atoms with Crippen molar-refractivity contribution in [2.45, 2.75) is 57.5 Å². The number of benzene rings is 2. The number of aryl methyl sites for hydroxylation is 1. The van der Waals surface area contributed by atoms with E-state index in [2.05, 4.69) is 9.69 Å². The summed E-state index contributed by atoms with van der Waals surface area (Å²) < 4.78 is 9.32. The van der Waals surface area contributed by atoms with Crippen LogP contribution < -0.4 is 26.4 Å². The Hall–Kier alpha value is -3.92. The number of carbonyl (C=O) groups excluding carboxylic acids is 3. The van der Waals surface area contributed by atoms with Crippen LogP contribution in [0.15, 0.2) is 48.5 Å². The third kappa shape index (κ3) is 5.80. The summed E-state index contributed by atoms with van der Waals surface area (Å²) in [4.78, 5) is 41.4. The summed E-state index contributed by atoms with van der Waals surface area (Å²) >= 11 is 0.791. The molecule has 9 nitrogen and oxygen atoms in total. The van der Waals surface area contributed by atoms with Gasteiger partial charge in [-0.1, -0.05) is 50.5 Å². The monoisotopic (exact) mass is 535 g/mol. The van der Waals surface area contributed by atoms with Crippen molar-refractivity contribution in [3.8, 4) is 5.75 Å². The van der Waals surface area contributed by atoms with Crippen LogP contribution in [-0.4, -0.2) is 35.2 Å². The smallest absolute Gasteiger partial charge is 0.273 e. The number of ether oxygens (including phenoxy) is 1. The molecule has 2 aromatic carbocycles. The number of nitrogens with one attached hydrogen (secondary N) is 1. The number of nitrogen functional groups attached to an aromatic ring is 1. The lowest BCUT2D eigenvalue weighted by molar-refractivity contribution is -0.123. The molecule has 0 radical (unpaired) electrons. The SMILES string of the molecule is CCc1ccc(N(C(=O)c2snc(C(N)=O)c2N)[C@@H](C(=O)NC2CCCCC2)c2ccc(OC)cc2)cc1. The van der Waals surface area contributed by atoms with Crippen molar-refractivity contribution in [2.75, 3.05) is 17.7 Å². The average Bonchev–Trinajstić information content (AvgIpc) is 3.33. The van der Waals surface area contributed by atoms with Gasteiger partial charge in [0.15, 0.2) is 5.69 Å². The molecule has 1 aromatic heterocycles. The molecule has 5 N–H and O–H groups in total. The summed E-state index contributed by atoms with van der Waals surface area (Å²) in [7, 11) is 1.57. The van der Waals surface area contributed by atoms with E-state index in [1.54, 1.807) is 31.4 Å². The van der Waals surface area contributed by atoms with Gasteiger partial charge < -0.3 is 21.5 Å². The second-order valence-electron chi connectivity index (χ2n) is 9.35. The highest BCUT2D eigenvalue weighted by molar-refractivity contribution is 7.09. The molecule has 1 aliphatic carbocycles. The minimum absolute atomic E-state index is 0.0337. The van der Waals surface area contributed by atoms with E-state index in [9.17, 15) is 14.4 Å². The van der Waals surface area contributed by atoms with Gasteiger partial charge >= 0.3 is 0 Å². The van der Waals surface area contributed by atoms with Crippen molar-refractivity contribution in [1.29, 1.82) is 0 Å². The van der Waals surface area contributed by atoms with Crippen molar-refractivity contribution in [1.82, 2.24) is 9.69 Å². The summed E-state index contributed by atoms with van der Waals surface area (Å²) in [5, 5.41) is 3.18. The number of anilines is 2. The third-order valence-electron chi connectivity index (χ3n) is 6.89. The minimum Gasteiger partial charge on any atom is -0.497 e. The van der Waals surface area contributed by atoms with Crippen LogP contribution in [0.3, 0.4) is 0 Å². The molecule has 10 heteroatoms. The number of hydrogen-bond acceptors (Lipinski definition) is 7. The zero-order valence-electron chi connectivity index (χ0n) is 21.6. The van der Waals surface area contributed by atoms with Crippen LogP contribution in [0.5, 0.6) is 5.75 Å². The summed E-state index contributed by atoms with van der Waals surface area (Å²) in [5.74, 6) is -1.04. The molecule has 1 aliphatic rings. The van der Waals surface area contributed by atoms with Crippen molar-refractivity contribution >= 4 is 40.6 Å². The Bertz CT molecular complexity index is 1280. The van der Waals surface area contributed by atoms with Gasteiger partial charge in [0.05, 0.1) is 12.8 Å². The predicted octanol–water partition coefficient (Wildman–Crippen LogP) is 4.23. The Labute approximate surface area is 226 Å². The van der Waals surface area contributed by atoms with Crippen LogP contribution in [0.2, 0.25) is 0 Å². The Morgan fingerprint density at radius 1 is 1.08 bits per heavy atom. The number of amides is 3. The second kappa shape index (κ2) is 12.1. The van der Waals surface area contributed by atoms with Crippen LogP contribution >= 0.6 is 11.5 Å². The lowest BCUT2D eigenvalue weighted by Gasteiger charge is -2.33. The molecule has 1 heterocycles. The molecule has 3 aromatic rings. The summed E-state index contributed by atoms with van der Waals surface area (Å²) in [6, 6.07) is 13.5. The third-order valence-corrected chi connectivity index (χ3v) is 7.74. The topological polar surface area (TPSA) is 141 Å². The number of nitrogens with zero attached hydrogens (tertiary/aromatic N) is 2. The zero-order chi connectivity index (χ0) is 27.2. The lowest BCUT2D eigenvalue weighted by Crippen LogP contribution is -2.47. The molecule has 1 saturated carbocycles. The Balaban J connectivity index is 1.83. The van der Waals surface area contributed by atoms with E-state index in [1.807, 2.05) is 31.2 Å². The van der Waals surface area contributed by atoms with Crippen molar-refractivity contribution in [2.24, 2.45) is 5.73 Å². The quantitative estimate of drug-likeness (QED) is 0.374. The molecule has 0 spiro atoms. The molecular formula is C28H33N5O4S. The maximum absolute atomic E-state index is 14.2. The Kier molecular flexibility index (Phi) is 8.62. The fourth-order valence-corrected chi connectivity index (χ4v) is 5.49. The maximum Gasteiger partial charge on any atom is 0.273 e. The van der Waals surface area contributed by atoms with E-state index in [1.165, 1.54) is 4.90 Å². The van der Waals surface area contributed by atoms with Gasteiger partial charge in [0.2, 0.25) is 5.91 Å². The fraction of sp³-hybridized carbons (Fsp3) is 0.357. The van der Waals surface area contributed by atoms with Crippen LogP contribution in [0.4, 0.5) is 11.4 Å². The average molecular weight is 536 g/mol. The van der Waals surface area contributed by atoms with Gasteiger partial charge in [0.25, 0.3) is 11.8 Å². The second-order valence-corrected chi connectivity index (χ2v) is 10.1. The van der Waals surface area contributed by atoms with Crippen LogP contribution in [0, 0.1) is 0 Å². The van der Waals surface area contributed by atoms with Gasteiger partial charge in [-0.05, 0) is 66.2 Å². The first-order valence-corrected chi connectivity index (χ1v) is 13.5. The number of methoxy groups -OCH3 is 1. The van der Waals surface area contributed by atoms with Crippen LogP contribution in [0.1, 0.15) is 76.4 Å². The van der Waals surface area contributed by atoms with Gasteiger partial charge in [-0.3, -0.25) is 19.3 Å². The van der Waals surface area contributed by atoms with Crippen LogP contribution in [0.25, 0.3) is 0 Å². The number of aromatic nitrogens is 1. The highest BCUT2D eigenvalue weighted by atomic mass is 32.1. The Morgan fingerprint density at radius 3 is 2.29 bits per heavy atom. The number of carbonyl (C=O) groups is 3. The molecule has 0 aliphatic heterocycles. The molecule has 4 rings (SSSR count). The summed E-state index contributed by atoms with van der Waals surface area (Å²) in [6.45, 7) is 2.04. The van der Waals surface area contributed by atoms with Gasteiger partial charge in [0.1, 0.15) is 16.7 Å². The van der Waals surface area contributed by atoms with Gasteiger partial charge in [-0.25, -0.2) is 0 Å². The first-order valence-electron chi connectivity index (χ1n) is 12.8. The number of primary amides is 1. The van der Waals surface area contributed by atoms with E-state index >= 15 is 0 Å². The van der Waals surface area contributed by atoms with Gasteiger partial charge in [-0.2, -0.15) is 4.37 Å². The first kappa shape index (κ1) is 27.1. The Morgan fingerprint density at radius 2 is 1.74 bits per heavy atom. The summed E-state index contributed by atoms with van der Waals surface area (Å²) in [5.41, 5.74) is 13.5. The normalized spacial score (nSPS) is 14.5. The maximum atomic E-state index is 14.2. The summed E-state index contributed by atoms with van der Waals surface area (Å²) in [6.07, 6.45) is 5.85. The molecule has 0 unspecified atom stereocenters. The molecule has 0 saturated heterocycles. The van der Waals surface area contributed by atoms with E-state index in [-0.39, 0.29) is 28.2 Å². The largest absolute Gasteiger partial charge is 0.497 e. The van der Waals surface area contributed by atoms with Crippen molar-refractivity contribution in [3.05, 3.63) is 70.2 Å². The highest BCUT2D eigenvalue weighted by Gasteiger charge is 2.37. The zero-order valence-corrected chi connectivity index (χ0v) is 22.4. The lowest BCUT2D eigenvalue weighted by atomic mass is 9.94. The number of rotatable bonds is 9. The van der Waals surface area contributed by atoms with Gasteiger partial charge in [0, 0.05) is 11.7 Å². The standard InChI is InChI=1S/C28H33N5O4S/c1-3-17-9-13-20(14-10-17)33(28(36)25-22(29)23(26(30)34)32-38-25)24(18-11-15-21(37-2)16-12-18)27(35)31-19-7-5-4-6-8-19/h9-16,19,24H,3-8,29H2,1-2H3,(H2,30,34)(H,31,35)/t24-/m1/s1. The molecular weight excluding hydrogens is 502 g/mol. The first-order chi connectivity index (χ1) is 18.3. The minimum atomic E-state index is -1.01. The highest BCUT2D eigenvalue weighted by Crippen LogP contribution is 2.34. The predicted molar refractivity (Wildman–Crippen MR) is 148 cm³/mol. The molecule has 0 bridgehead atoms.